The number of hydrogen-bond donors (Lipinski definition) is 10. The Kier molecular flexibility index (Phi) is 47.0. The van der Waals surface area contributed by atoms with Crippen LogP contribution in [0.3, 0.4) is 0 Å². The summed E-state index contributed by atoms with van der Waals surface area (Å²) in [6.07, 6.45) is 7.49. The Balaban J connectivity index is 0.000000266. The number of esters is 2. The largest absolute Gasteiger partial charge is 0.497 e. The van der Waals surface area contributed by atoms with Gasteiger partial charge in [-0.15, -0.1) is 0 Å². The van der Waals surface area contributed by atoms with E-state index in [1.165, 1.54) is 36.6 Å². The lowest BCUT2D eigenvalue weighted by atomic mass is 10.1. The number of rotatable bonds is 38. The second-order valence-electron chi connectivity index (χ2n) is 29.6. The van der Waals surface area contributed by atoms with Gasteiger partial charge in [-0.2, -0.15) is 5.10 Å². The molecule has 0 fully saturated rings. The van der Waals surface area contributed by atoms with Crippen molar-refractivity contribution in [1.29, 1.82) is 5.41 Å². The maximum absolute atomic E-state index is 13.5. The number of H-pyrrole nitrogens is 2. The number of aliphatic hydroxyl groups is 1. The molecule has 0 amide bonds. The lowest BCUT2D eigenvalue weighted by molar-refractivity contribution is 0.0478. The summed E-state index contributed by atoms with van der Waals surface area (Å²) in [5.74, 6) is 2.74. The highest BCUT2D eigenvalue weighted by Crippen LogP contribution is 2.20. The molecule has 12 rings (SSSR count). The maximum Gasteiger partial charge on any atom is 0.355 e. The first-order valence-corrected chi connectivity index (χ1v) is 43.3. The Labute approximate surface area is 788 Å². The number of ether oxygens (including phenoxy) is 9. The van der Waals surface area contributed by atoms with E-state index in [-0.39, 0.29) is 125 Å². The maximum atomic E-state index is 13.5. The molecular formula is C97H120N18O22. The van der Waals surface area contributed by atoms with Crippen LogP contribution in [0.5, 0.6) is 40.2 Å². The van der Waals surface area contributed by atoms with E-state index in [9.17, 15) is 57.5 Å². The second-order valence-corrected chi connectivity index (χ2v) is 29.6. The molecule has 12 aromatic rings. The second kappa shape index (κ2) is 58.7. The van der Waals surface area contributed by atoms with Crippen LogP contribution >= 0.6 is 0 Å². The molecule has 40 nitrogen and oxygen atoms in total. The summed E-state index contributed by atoms with van der Waals surface area (Å²) in [5.41, 5.74) is 31.8. The summed E-state index contributed by atoms with van der Waals surface area (Å²) in [6, 6.07) is 56.4. The predicted molar refractivity (Wildman–Crippen MR) is 519 cm³/mol. The minimum atomic E-state index is -0.718. The van der Waals surface area contributed by atoms with Crippen molar-refractivity contribution in [2.45, 2.75) is 111 Å². The van der Waals surface area contributed by atoms with Crippen LogP contribution in [0.1, 0.15) is 146 Å². The van der Waals surface area contributed by atoms with Crippen molar-refractivity contribution >= 4 is 35.4 Å². The molecule has 7 aromatic carbocycles. The molecule has 40 heteroatoms. The number of hydrogen-bond acceptors (Lipinski definition) is 28. The molecule has 0 atom stereocenters. The van der Waals surface area contributed by atoms with Gasteiger partial charge in [0.2, 0.25) is 5.96 Å². The Morgan fingerprint density at radius 2 is 0.701 bits per heavy atom. The lowest BCUT2D eigenvalue weighted by Crippen LogP contribution is -2.42. The summed E-state index contributed by atoms with van der Waals surface area (Å²) in [4.78, 5) is 158. The third-order valence-electron chi connectivity index (χ3n) is 19.8. The van der Waals surface area contributed by atoms with Gasteiger partial charge in [0.05, 0.1) is 120 Å². The number of Topliss-reactive ketones (excluding diaryl/α,β-unsaturated/α-hetero) is 2. The van der Waals surface area contributed by atoms with E-state index < -0.39 is 56.9 Å². The van der Waals surface area contributed by atoms with Crippen LogP contribution in [0.15, 0.2) is 256 Å². The van der Waals surface area contributed by atoms with Crippen molar-refractivity contribution in [3.05, 3.63) is 358 Å². The van der Waals surface area contributed by atoms with Crippen molar-refractivity contribution in [1.82, 2.24) is 47.2 Å². The Morgan fingerprint density at radius 1 is 0.394 bits per heavy atom. The highest BCUT2D eigenvalue weighted by atomic mass is 16.5. The Hall–Kier alpha value is -16.1. The number of nitrogens with zero attached hydrogens (tertiary/aromatic N) is 9. The minimum Gasteiger partial charge on any atom is -0.497 e. The van der Waals surface area contributed by atoms with Gasteiger partial charge in [0.1, 0.15) is 51.6 Å². The zero-order chi connectivity index (χ0) is 100. The third kappa shape index (κ3) is 36.1. The molecule has 0 bridgehead atoms. The van der Waals surface area contributed by atoms with E-state index in [1.54, 1.807) is 202 Å². The van der Waals surface area contributed by atoms with Crippen molar-refractivity contribution < 1.29 is 66.9 Å². The fourth-order valence-electron chi connectivity index (χ4n) is 12.3. The molecule has 0 radical (unpaired) electrons. The fraction of sp³-hybridized carbons (Fsp3) is 0.309. The summed E-state index contributed by atoms with van der Waals surface area (Å²) in [5, 5.41) is 19.2. The predicted octanol–water partition coefficient (Wildman–Crippen LogP) is 6.22. The Bertz CT molecular complexity index is 6290. The van der Waals surface area contributed by atoms with Crippen LogP contribution in [0, 0.1) is 5.41 Å². The number of methoxy groups -OCH3 is 7. The number of nitrogen functional groups attached to an aromatic ring is 1. The van der Waals surface area contributed by atoms with Crippen molar-refractivity contribution in [2.75, 3.05) is 89.2 Å². The van der Waals surface area contributed by atoms with Gasteiger partial charge in [0, 0.05) is 69.1 Å². The molecule has 0 spiro atoms. The summed E-state index contributed by atoms with van der Waals surface area (Å²) in [6.45, 7) is 6.92. The number of aliphatic hydroxyl groups excluding tert-OH is 1. The summed E-state index contributed by atoms with van der Waals surface area (Å²) < 4.78 is 54.7. The van der Waals surface area contributed by atoms with E-state index in [1.807, 2.05) is 55.2 Å². The Morgan fingerprint density at radius 3 is 0.971 bits per heavy atom. The molecular weight excluding hydrogens is 1770 g/mol. The molecule has 137 heavy (non-hydrogen) atoms. The topological polar surface area (TPSA) is 579 Å². The number of benzene rings is 7. The summed E-state index contributed by atoms with van der Waals surface area (Å²) in [7, 11) is 11.0. The minimum absolute atomic E-state index is 0.0477. The zero-order valence-electron chi connectivity index (χ0n) is 78.1. The van der Waals surface area contributed by atoms with Gasteiger partial charge in [-0.1, -0.05) is 112 Å². The van der Waals surface area contributed by atoms with Gasteiger partial charge in [-0.25, -0.2) is 33.4 Å². The van der Waals surface area contributed by atoms with Gasteiger partial charge in [0.15, 0.2) is 17.5 Å². The molecule has 0 saturated heterocycles. The number of nitrogens with two attached hydrogens (primary N) is 6. The van der Waals surface area contributed by atoms with E-state index in [0.29, 0.717) is 73.4 Å². The van der Waals surface area contributed by atoms with Crippen LogP contribution in [-0.4, -0.2) is 177 Å². The molecule has 16 N–H and O–H groups in total. The smallest absolute Gasteiger partial charge is 0.355 e. The third-order valence-corrected chi connectivity index (χ3v) is 19.8. The highest BCUT2D eigenvalue weighted by Gasteiger charge is 2.23. The zero-order valence-corrected chi connectivity index (χ0v) is 78.1. The average molecular weight is 1890 g/mol. The van der Waals surface area contributed by atoms with Crippen molar-refractivity contribution in [3.63, 3.8) is 0 Å². The van der Waals surface area contributed by atoms with Crippen LogP contribution in [-0.2, 0) is 55.3 Å². The first-order valence-electron chi connectivity index (χ1n) is 43.3. The molecule has 0 saturated carbocycles. The van der Waals surface area contributed by atoms with Crippen molar-refractivity contribution in [3.8, 4) is 40.2 Å². The molecule has 5 heterocycles. The molecule has 730 valence electrons. The molecule has 5 aromatic heterocycles. The van der Waals surface area contributed by atoms with Crippen molar-refractivity contribution in [2.24, 2.45) is 39.4 Å². The van der Waals surface area contributed by atoms with Gasteiger partial charge in [0.25, 0.3) is 22.2 Å². The van der Waals surface area contributed by atoms with Gasteiger partial charge in [-0.3, -0.25) is 71.6 Å². The summed E-state index contributed by atoms with van der Waals surface area (Å²) >= 11 is 0. The number of aromatic nitrogens is 10. The van der Waals surface area contributed by atoms with E-state index in [2.05, 4.69) is 15.1 Å². The first-order chi connectivity index (χ1) is 65.9. The SMILES string of the molecule is CCCCOC(=O)c1cc(=O)[nH]c(=O)[nH]1.CCCCOC(=O)c1cc(=O)n(Cc2ccc(OC)cc2)c(=O)n1Cc1ccc(OC)cc1.COc1ccc(CO)cc1.COc1ccc(Cn2c(C(=O)CCCN)cc(=O)n(Cc3ccc(OC)cc3)c2=O)cc1.COc1ccc(Cn2c(C(=O)CCCN=C(N)N)cc(=O)n(Cc3ccc(OC)cc3)c2=O)cc1.N=C(N)n1cccn1.NCCN. The van der Waals surface area contributed by atoms with E-state index in [0.717, 1.165) is 83.7 Å². The molecule has 0 aliphatic heterocycles. The number of guanidine groups is 1. The van der Waals surface area contributed by atoms with Gasteiger partial charge in [-0.05, 0) is 162 Å². The van der Waals surface area contributed by atoms with Crippen LogP contribution in [0.2, 0.25) is 0 Å². The van der Waals surface area contributed by atoms with E-state index >= 15 is 0 Å². The van der Waals surface area contributed by atoms with E-state index in [4.69, 9.17) is 87.5 Å². The van der Waals surface area contributed by atoms with Crippen LogP contribution in [0.25, 0.3) is 0 Å². The number of carbonyl (C=O) groups is 4. The number of ketones is 2. The quantitative estimate of drug-likeness (QED) is 0.00674. The normalized spacial score (nSPS) is 10.3. The fourth-order valence-corrected chi connectivity index (χ4v) is 12.3. The molecule has 0 unspecified atom stereocenters. The number of unbranched alkanes of at least 4 members (excludes halogenated alkanes) is 2. The first kappa shape index (κ1) is 110. The number of nitrogens with one attached hydrogen (secondary N) is 3. The van der Waals surface area contributed by atoms with Gasteiger partial charge >= 0.3 is 34.7 Å². The molecule has 0 aliphatic carbocycles. The number of carbonyl (C=O) groups excluding carboxylic acids is 4. The average Bonchev–Trinajstić information content (AvgIpc) is 1.01. The highest BCUT2D eigenvalue weighted by molar-refractivity contribution is 5.95. The standard InChI is InChI=1S/C25H29N5O5.C25H28N2O6.C24H27N3O5.C9H12N2O4.C8H10O2.C4H6N4.C2H8N2/c1-34-19-9-5-17(6-10-19)15-29-21(22(31)4-3-13-28-24(26)27)14-23(32)30(25(29)33)16-18-7-11-20(35-2)12-8-18;1-4-5-14-33-24(29)22-15-23(28)27(17-19-8-12-21(32-3)13-9-19)25(30)26(22)16-18-6-10-20(31-2)11-7-18;1-31-19-9-5-17(6-10-19)15-26-21(22(28)4-3-13-25)14-23(29)27(24(26)30)16-18-7-11-20(32-2)12-8-18;1-2-3-4-15-8(13)6-5-7(12)11-9(14)10-6;1-10-8-4-2-7(6-9)3-5-8;5-4(6)8-3-1-2-7-8;3-1-2-4/h5-12,14H,3-4,13,15-16H2,1-2H3,(H4,26,27,28);6-13,15H,4-5,14,16-17H2,1-3H3;5-12,14H,3-4,13,15-16,25H2,1-2H3;5H,2-4H2,1H3,(H2,10,11,12,14);2-5,9H,6H2,1H3;1-3H,(H3,5,6);1-4H2. The monoisotopic (exact) mass is 1890 g/mol. The van der Waals surface area contributed by atoms with Crippen LogP contribution in [0.4, 0.5) is 0 Å². The number of aromatic amines is 2. The van der Waals surface area contributed by atoms with Gasteiger partial charge < -0.3 is 87.1 Å². The lowest BCUT2D eigenvalue weighted by Gasteiger charge is -2.15. The molecule has 0 aliphatic rings. The number of aliphatic imine (C=N–C) groups is 1. The van der Waals surface area contributed by atoms with Crippen LogP contribution < -0.4 is 113 Å².